The Hall–Kier alpha value is -0.810. The SMILES string of the molecule is COC(=O)CCOCCOCCOCCOCCOCCOCCO. The summed E-state index contributed by atoms with van der Waals surface area (Å²) < 4.78 is 36.0. The minimum Gasteiger partial charge on any atom is -0.469 e. The molecule has 0 aliphatic carbocycles. The molecule has 0 amide bonds. The van der Waals surface area contributed by atoms with Crippen LogP contribution in [-0.4, -0.2) is 104 Å². The number of esters is 1. The van der Waals surface area contributed by atoms with Gasteiger partial charge in [0.15, 0.2) is 0 Å². The van der Waals surface area contributed by atoms with Gasteiger partial charge in [0.05, 0.1) is 99.4 Å². The number of ether oxygens (including phenoxy) is 7. The topological polar surface area (TPSA) is 102 Å². The van der Waals surface area contributed by atoms with E-state index in [9.17, 15) is 4.79 Å². The molecule has 0 spiro atoms. The Labute approximate surface area is 149 Å². The summed E-state index contributed by atoms with van der Waals surface area (Å²) >= 11 is 0. The summed E-state index contributed by atoms with van der Waals surface area (Å²) in [6, 6.07) is 0. The van der Waals surface area contributed by atoms with Crippen LogP contribution in [0.25, 0.3) is 0 Å². The first-order valence-corrected chi connectivity index (χ1v) is 8.45. The summed E-state index contributed by atoms with van der Waals surface area (Å²) in [6.45, 7) is 5.53. The first-order chi connectivity index (χ1) is 12.3. The van der Waals surface area contributed by atoms with E-state index >= 15 is 0 Å². The molecular weight excluding hydrogens is 336 g/mol. The predicted octanol–water partition coefficient (Wildman–Crippen LogP) is -0.359. The van der Waals surface area contributed by atoms with Crippen LogP contribution in [0.5, 0.6) is 0 Å². The first-order valence-electron chi connectivity index (χ1n) is 8.45. The lowest BCUT2D eigenvalue weighted by molar-refractivity contribution is -0.141. The molecule has 0 fully saturated rings. The van der Waals surface area contributed by atoms with Gasteiger partial charge in [-0.25, -0.2) is 0 Å². The Morgan fingerprint density at radius 1 is 0.600 bits per heavy atom. The third kappa shape index (κ3) is 21.1. The lowest BCUT2D eigenvalue weighted by Crippen LogP contribution is -2.14. The molecule has 0 aromatic carbocycles. The van der Waals surface area contributed by atoms with Crippen LogP contribution in [-0.2, 0) is 38.0 Å². The number of aliphatic hydroxyl groups is 1. The molecule has 1 N–H and O–H groups in total. The fourth-order valence-corrected chi connectivity index (χ4v) is 1.52. The molecule has 0 bridgehead atoms. The molecule has 0 aromatic rings. The van der Waals surface area contributed by atoms with Crippen LogP contribution in [0.15, 0.2) is 0 Å². The second kappa shape index (κ2) is 21.2. The van der Waals surface area contributed by atoms with E-state index in [1.54, 1.807) is 0 Å². The normalized spacial score (nSPS) is 11.0. The third-order valence-electron chi connectivity index (χ3n) is 2.77. The second-order valence-electron chi connectivity index (χ2n) is 4.72. The summed E-state index contributed by atoms with van der Waals surface area (Å²) in [4.78, 5) is 10.8. The summed E-state index contributed by atoms with van der Waals surface area (Å²) in [5, 5.41) is 8.50. The highest BCUT2D eigenvalue weighted by Crippen LogP contribution is 1.87. The van der Waals surface area contributed by atoms with Crippen molar-refractivity contribution >= 4 is 5.97 Å². The van der Waals surface area contributed by atoms with Crippen molar-refractivity contribution in [3.05, 3.63) is 0 Å². The molecule has 25 heavy (non-hydrogen) atoms. The highest BCUT2D eigenvalue weighted by atomic mass is 16.6. The van der Waals surface area contributed by atoms with Gasteiger partial charge >= 0.3 is 5.97 Å². The zero-order valence-electron chi connectivity index (χ0n) is 15.1. The molecule has 9 heteroatoms. The van der Waals surface area contributed by atoms with Crippen LogP contribution in [0.3, 0.4) is 0 Å². The number of methoxy groups -OCH3 is 1. The average molecular weight is 368 g/mol. The van der Waals surface area contributed by atoms with E-state index in [2.05, 4.69) is 4.74 Å². The fourth-order valence-electron chi connectivity index (χ4n) is 1.52. The van der Waals surface area contributed by atoms with Gasteiger partial charge in [-0.2, -0.15) is 0 Å². The van der Waals surface area contributed by atoms with E-state index in [0.717, 1.165) is 0 Å². The minimum atomic E-state index is -0.282. The number of carbonyl (C=O) groups excluding carboxylic acids is 1. The summed E-state index contributed by atoms with van der Waals surface area (Å²) in [5.41, 5.74) is 0. The molecule has 0 rings (SSSR count). The first kappa shape index (κ1) is 24.2. The third-order valence-corrected chi connectivity index (χ3v) is 2.77. The molecule has 0 aliphatic rings. The molecule has 0 radical (unpaired) electrons. The Balaban J connectivity index is 2.99. The Morgan fingerprint density at radius 2 is 0.920 bits per heavy atom. The van der Waals surface area contributed by atoms with Crippen molar-refractivity contribution in [1.29, 1.82) is 0 Å². The monoisotopic (exact) mass is 368 g/mol. The summed E-state index contributed by atoms with van der Waals surface area (Å²) in [5.74, 6) is -0.282. The molecule has 150 valence electrons. The van der Waals surface area contributed by atoms with Gasteiger partial charge in [0.1, 0.15) is 0 Å². The van der Waals surface area contributed by atoms with Gasteiger partial charge in [-0.15, -0.1) is 0 Å². The van der Waals surface area contributed by atoms with Crippen LogP contribution in [0.2, 0.25) is 0 Å². The van der Waals surface area contributed by atoms with Gasteiger partial charge < -0.3 is 38.3 Å². The summed E-state index contributed by atoms with van der Waals surface area (Å²) in [6.07, 6.45) is 0.252. The van der Waals surface area contributed by atoms with Crippen molar-refractivity contribution < 1.29 is 43.1 Å². The van der Waals surface area contributed by atoms with E-state index in [0.29, 0.717) is 79.3 Å². The van der Waals surface area contributed by atoms with Crippen molar-refractivity contribution in [1.82, 2.24) is 0 Å². The Kier molecular flexibility index (Phi) is 20.5. The molecule has 0 aromatic heterocycles. The maximum Gasteiger partial charge on any atom is 0.307 e. The minimum absolute atomic E-state index is 0.0268. The molecule has 0 saturated heterocycles. The van der Waals surface area contributed by atoms with Crippen LogP contribution in [0.1, 0.15) is 6.42 Å². The zero-order valence-corrected chi connectivity index (χ0v) is 15.1. The fraction of sp³-hybridized carbons (Fsp3) is 0.938. The predicted molar refractivity (Wildman–Crippen MR) is 88.6 cm³/mol. The lowest BCUT2D eigenvalue weighted by Gasteiger charge is -2.08. The average Bonchev–Trinajstić information content (AvgIpc) is 2.63. The highest BCUT2D eigenvalue weighted by Gasteiger charge is 1.99. The van der Waals surface area contributed by atoms with Crippen molar-refractivity contribution in [3.8, 4) is 0 Å². The van der Waals surface area contributed by atoms with Crippen molar-refractivity contribution in [3.63, 3.8) is 0 Å². The maximum atomic E-state index is 10.8. The molecule has 0 aliphatic heterocycles. The van der Waals surface area contributed by atoms with Gasteiger partial charge in [0.25, 0.3) is 0 Å². The number of aliphatic hydroxyl groups excluding tert-OH is 1. The van der Waals surface area contributed by atoms with E-state index in [-0.39, 0.29) is 19.0 Å². The smallest absolute Gasteiger partial charge is 0.307 e. The largest absolute Gasteiger partial charge is 0.469 e. The maximum absolute atomic E-state index is 10.8. The number of hydrogen-bond acceptors (Lipinski definition) is 9. The Bertz CT molecular complexity index is 276. The Morgan fingerprint density at radius 3 is 1.24 bits per heavy atom. The van der Waals surface area contributed by atoms with E-state index in [1.807, 2.05) is 0 Å². The lowest BCUT2D eigenvalue weighted by atomic mass is 10.5. The van der Waals surface area contributed by atoms with E-state index in [1.165, 1.54) is 7.11 Å². The van der Waals surface area contributed by atoms with Crippen LogP contribution < -0.4 is 0 Å². The molecule has 0 atom stereocenters. The van der Waals surface area contributed by atoms with Crippen molar-refractivity contribution in [2.75, 3.05) is 93.0 Å². The molecule has 9 nitrogen and oxygen atoms in total. The van der Waals surface area contributed by atoms with Gasteiger partial charge in [-0.3, -0.25) is 4.79 Å². The molecular formula is C16H32O9. The van der Waals surface area contributed by atoms with Crippen LogP contribution >= 0.6 is 0 Å². The quantitative estimate of drug-likeness (QED) is 0.228. The number of carbonyl (C=O) groups is 1. The molecule has 0 heterocycles. The van der Waals surface area contributed by atoms with Crippen LogP contribution in [0, 0.1) is 0 Å². The van der Waals surface area contributed by atoms with E-state index in [4.69, 9.17) is 33.5 Å². The van der Waals surface area contributed by atoms with Crippen LogP contribution in [0.4, 0.5) is 0 Å². The van der Waals surface area contributed by atoms with Gasteiger partial charge in [-0.05, 0) is 0 Å². The number of hydrogen-bond donors (Lipinski definition) is 1. The van der Waals surface area contributed by atoms with Gasteiger partial charge in [0.2, 0.25) is 0 Å². The van der Waals surface area contributed by atoms with E-state index < -0.39 is 0 Å². The van der Waals surface area contributed by atoms with Gasteiger partial charge in [-0.1, -0.05) is 0 Å². The standard InChI is InChI=1S/C16H32O9/c1-19-16(18)2-4-20-6-8-22-10-12-24-14-15-25-13-11-23-9-7-21-5-3-17/h17H,2-15H2,1H3. The zero-order chi connectivity index (χ0) is 18.4. The molecule has 0 unspecified atom stereocenters. The summed E-state index contributed by atoms with van der Waals surface area (Å²) in [7, 11) is 1.35. The van der Waals surface area contributed by atoms with Crippen molar-refractivity contribution in [2.24, 2.45) is 0 Å². The van der Waals surface area contributed by atoms with Gasteiger partial charge in [0, 0.05) is 0 Å². The molecule has 0 saturated carbocycles. The van der Waals surface area contributed by atoms with Crippen molar-refractivity contribution in [2.45, 2.75) is 6.42 Å². The number of rotatable bonds is 20. The highest BCUT2D eigenvalue weighted by molar-refractivity contribution is 5.69. The second-order valence-corrected chi connectivity index (χ2v) is 4.72.